The number of aliphatic hydroxyl groups excluding tert-OH is 1. The Bertz CT molecular complexity index is 715. The minimum Gasteiger partial charge on any atom is -0.412 e. The predicted octanol–water partition coefficient (Wildman–Crippen LogP) is 0.689. The van der Waals surface area contributed by atoms with Crippen molar-refractivity contribution in [2.24, 2.45) is 5.92 Å². The van der Waals surface area contributed by atoms with Gasteiger partial charge in [0.1, 0.15) is 0 Å². The van der Waals surface area contributed by atoms with Crippen LogP contribution in [0.25, 0.3) is 11.2 Å². The summed E-state index contributed by atoms with van der Waals surface area (Å²) in [6, 6.07) is 0.646. The fraction of sp³-hybridized carbons (Fsp3) is 0.500. The third-order valence-corrected chi connectivity index (χ3v) is 4.10. The molecule has 126 valence electrons. The summed E-state index contributed by atoms with van der Waals surface area (Å²) in [6.45, 7) is 0.172. The molecule has 1 saturated carbocycles. The molecule has 8 nitrogen and oxygen atoms in total. The van der Waals surface area contributed by atoms with Crippen LogP contribution in [0.2, 0.25) is 0 Å². The highest BCUT2D eigenvalue weighted by atomic mass is 35.5. The van der Waals surface area contributed by atoms with E-state index < -0.39 is 0 Å². The first kappa shape index (κ1) is 17.5. The van der Waals surface area contributed by atoms with E-state index in [9.17, 15) is 5.11 Å². The lowest BCUT2D eigenvalue weighted by atomic mass is 10.1. The number of nitrogens with zero attached hydrogens (tertiary/aromatic N) is 4. The molecule has 2 aromatic heterocycles. The number of halogens is 1. The number of nitrogens with one attached hydrogen (secondary N) is 1. The van der Waals surface area contributed by atoms with Crippen molar-refractivity contribution in [1.82, 2.24) is 19.5 Å². The average molecular weight is 341 g/mol. The van der Waals surface area contributed by atoms with Crippen LogP contribution in [0.15, 0.2) is 18.5 Å². The van der Waals surface area contributed by atoms with Crippen molar-refractivity contribution < 1.29 is 10.6 Å². The number of aliphatic hydroxyl groups is 1. The average Bonchev–Trinajstić information content (AvgIpc) is 3.01. The smallest absolute Gasteiger partial charge is 0.224 e. The molecule has 4 rings (SSSR count). The fourth-order valence-electron chi connectivity index (χ4n) is 2.79. The normalized spacial score (nSPS) is 22.7. The highest BCUT2D eigenvalue weighted by Crippen LogP contribution is 2.32. The lowest BCUT2D eigenvalue weighted by Gasteiger charge is -2.13. The van der Waals surface area contributed by atoms with Gasteiger partial charge in [-0.15, -0.1) is 12.4 Å². The zero-order valence-electron chi connectivity index (χ0n) is 12.5. The van der Waals surface area contributed by atoms with Crippen molar-refractivity contribution in [2.75, 3.05) is 17.7 Å². The number of anilines is 2. The van der Waals surface area contributed by atoms with Crippen LogP contribution in [0.1, 0.15) is 25.3 Å². The molecule has 0 aromatic carbocycles. The zero-order chi connectivity index (χ0) is 14.4. The number of hydrogen-bond donors (Lipinski definition) is 3. The van der Waals surface area contributed by atoms with E-state index in [0.29, 0.717) is 6.04 Å². The Kier molecular flexibility index (Phi) is 5.08. The Hall–Kier alpha value is -1.90. The minimum atomic E-state index is 0. The van der Waals surface area contributed by atoms with E-state index >= 15 is 0 Å². The summed E-state index contributed by atoms with van der Waals surface area (Å²) in [5, 5.41) is 12.6. The molecule has 2 aliphatic rings. The van der Waals surface area contributed by atoms with Crippen molar-refractivity contribution in [3.8, 4) is 0 Å². The molecule has 1 fully saturated rings. The van der Waals surface area contributed by atoms with Gasteiger partial charge in [-0.2, -0.15) is 9.97 Å². The molecule has 2 atom stereocenters. The van der Waals surface area contributed by atoms with Crippen LogP contribution in [0, 0.1) is 5.92 Å². The van der Waals surface area contributed by atoms with Gasteiger partial charge in [0.05, 0.1) is 12.4 Å². The molecule has 6 N–H and O–H groups in total. The molecule has 0 amide bonds. The lowest BCUT2D eigenvalue weighted by molar-refractivity contribution is 0.244. The van der Waals surface area contributed by atoms with Crippen molar-refractivity contribution in [2.45, 2.75) is 31.3 Å². The van der Waals surface area contributed by atoms with Crippen LogP contribution in [0.4, 0.5) is 11.8 Å². The van der Waals surface area contributed by atoms with Crippen LogP contribution in [-0.4, -0.2) is 42.8 Å². The summed E-state index contributed by atoms with van der Waals surface area (Å²) in [7, 11) is 0. The largest absolute Gasteiger partial charge is 0.412 e. The Morgan fingerprint density at radius 1 is 1.30 bits per heavy atom. The van der Waals surface area contributed by atoms with E-state index in [1.807, 2.05) is 10.6 Å². The molecule has 0 saturated heterocycles. The molecular formula is C14H21ClN6O2. The molecule has 9 heteroatoms. The molecule has 2 aliphatic carbocycles. The van der Waals surface area contributed by atoms with Crippen molar-refractivity contribution in [1.29, 1.82) is 0 Å². The number of rotatable bonds is 4. The van der Waals surface area contributed by atoms with Gasteiger partial charge in [-0.05, 0) is 19.3 Å². The summed E-state index contributed by atoms with van der Waals surface area (Å²) >= 11 is 0. The summed E-state index contributed by atoms with van der Waals surface area (Å²) < 4.78 is 2.01. The number of nitrogen functional groups attached to an aromatic ring is 1. The molecule has 0 radical (unpaired) electrons. The lowest BCUT2D eigenvalue weighted by Crippen LogP contribution is -2.10. The maximum absolute atomic E-state index is 9.26. The molecule has 2 aromatic rings. The first-order valence-electron chi connectivity index (χ1n) is 7.30. The number of hydrogen-bond acceptors (Lipinski definition) is 6. The zero-order valence-corrected chi connectivity index (χ0v) is 13.3. The van der Waals surface area contributed by atoms with Crippen molar-refractivity contribution >= 4 is 35.3 Å². The van der Waals surface area contributed by atoms with Crippen LogP contribution in [0.5, 0.6) is 0 Å². The van der Waals surface area contributed by atoms with Crippen LogP contribution < -0.4 is 11.1 Å². The predicted molar refractivity (Wildman–Crippen MR) is 90.6 cm³/mol. The van der Waals surface area contributed by atoms with Gasteiger partial charge in [0, 0.05) is 18.6 Å². The molecule has 0 spiro atoms. The Labute approximate surface area is 139 Å². The summed E-state index contributed by atoms with van der Waals surface area (Å²) in [4.78, 5) is 13.1. The molecule has 0 aliphatic heterocycles. The highest BCUT2D eigenvalue weighted by Gasteiger charge is 2.26. The van der Waals surface area contributed by atoms with Gasteiger partial charge in [-0.1, -0.05) is 12.2 Å². The van der Waals surface area contributed by atoms with Gasteiger partial charge in [0.25, 0.3) is 0 Å². The molecule has 0 unspecified atom stereocenters. The number of allylic oxidation sites excluding steroid dienone is 1. The second-order valence-corrected chi connectivity index (χ2v) is 5.80. The maximum atomic E-state index is 9.26. The van der Waals surface area contributed by atoms with E-state index in [2.05, 4.69) is 26.3 Å². The van der Waals surface area contributed by atoms with Crippen LogP contribution in [-0.2, 0) is 0 Å². The fourth-order valence-corrected chi connectivity index (χ4v) is 2.79. The molecule has 2 heterocycles. The van der Waals surface area contributed by atoms with Gasteiger partial charge in [-0.3, -0.25) is 0 Å². The first-order valence-corrected chi connectivity index (χ1v) is 7.30. The number of imidazole rings is 1. The number of aromatic nitrogens is 4. The highest BCUT2D eigenvalue weighted by molar-refractivity contribution is 5.85. The number of fused-ring (bicyclic) bond motifs is 1. The van der Waals surface area contributed by atoms with Crippen molar-refractivity contribution in [3.05, 3.63) is 18.5 Å². The quantitative estimate of drug-likeness (QED) is 0.701. The summed E-state index contributed by atoms with van der Waals surface area (Å²) in [5.41, 5.74) is 7.35. The topological polar surface area (TPSA) is 133 Å². The third kappa shape index (κ3) is 3.24. The Balaban J connectivity index is 0.000000960. The maximum Gasteiger partial charge on any atom is 0.224 e. The van der Waals surface area contributed by atoms with E-state index in [-0.39, 0.29) is 42.4 Å². The van der Waals surface area contributed by atoms with Crippen LogP contribution in [0.3, 0.4) is 0 Å². The molecule has 0 bridgehead atoms. The van der Waals surface area contributed by atoms with Gasteiger partial charge in [-0.25, -0.2) is 4.98 Å². The SMILES string of the molecule is Cl.Nc1nc(NC2CC2)c2ncn([C@H]3C=C[C@@H](CO)C3)c2n1.O. The van der Waals surface area contributed by atoms with Gasteiger partial charge in [0.15, 0.2) is 17.0 Å². The van der Waals surface area contributed by atoms with Gasteiger partial charge < -0.3 is 26.2 Å². The Morgan fingerprint density at radius 2 is 2.09 bits per heavy atom. The van der Waals surface area contributed by atoms with Crippen LogP contribution >= 0.6 is 12.4 Å². The summed E-state index contributed by atoms with van der Waals surface area (Å²) in [5.74, 6) is 1.18. The van der Waals surface area contributed by atoms with E-state index in [4.69, 9.17) is 5.73 Å². The minimum absolute atomic E-state index is 0. The number of nitrogens with two attached hydrogens (primary N) is 1. The monoisotopic (exact) mass is 340 g/mol. The van der Waals surface area contributed by atoms with E-state index in [0.717, 1.165) is 36.2 Å². The summed E-state index contributed by atoms with van der Waals surface area (Å²) in [6.07, 6.45) is 9.10. The second-order valence-electron chi connectivity index (χ2n) is 5.80. The molecular weight excluding hydrogens is 320 g/mol. The Morgan fingerprint density at radius 3 is 2.74 bits per heavy atom. The standard InChI is InChI=1S/C14H18N6O.ClH.H2O/c15-14-18-12(17-9-2-3-9)11-13(19-14)20(7-16-11)10-4-1-8(5-10)6-21;;/h1,4,7-10,21H,2-3,5-6H2,(H3,15,17,18,19);1H;1H2/t8-,10+;;/m1../s1. The van der Waals surface area contributed by atoms with Crippen molar-refractivity contribution in [3.63, 3.8) is 0 Å². The molecule has 23 heavy (non-hydrogen) atoms. The van der Waals surface area contributed by atoms with Gasteiger partial charge in [0.2, 0.25) is 5.95 Å². The third-order valence-electron chi connectivity index (χ3n) is 4.10. The van der Waals surface area contributed by atoms with E-state index in [1.54, 1.807) is 6.33 Å². The van der Waals surface area contributed by atoms with E-state index in [1.165, 1.54) is 0 Å². The first-order chi connectivity index (χ1) is 10.2. The second kappa shape index (κ2) is 6.69. The van der Waals surface area contributed by atoms with Gasteiger partial charge >= 0.3 is 0 Å².